The lowest BCUT2D eigenvalue weighted by atomic mass is 10.0. The number of hydrogen-bond donors (Lipinski definition) is 4. The van der Waals surface area contributed by atoms with Crippen molar-refractivity contribution in [2.75, 3.05) is 11.9 Å². The van der Waals surface area contributed by atoms with Crippen molar-refractivity contribution in [3.8, 4) is 11.3 Å². The summed E-state index contributed by atoms with van der Waals surface area (Å²) in [7, 11) is 0. The Labute approximate surface area is 167 Å². The molecule has 3 aromatic rings. The maximum absolute atomic E-state index is 12.6. The highest BCUT2D eigenvalue weighted by Crippen LogP contribution is 2.34. The molecule has 2 aliphatic heterocycles. The second kappa shape index (κ2) is 7.18. The van der Waals surface area contributed by atoms with Gasteiger partial charge in [0.2, 0.25) is 5.91 Å². The number of anilines is 1. The first-order valence-electron chi connectivity index (χ1n) is 9.81. The fourth-order valence-electron chi connectivity index (χ4n) is 4.15. The van der Waals surface area contributed by atoms with Gasteiger partial charge in [0.05, 0.1) is 17.5 Å². The molecule has 146 valence electrons. The zero-order chi connectivity index (χ0) is 19.8. The summed E-state index contributed by atoms with van der Waals surface area (Å²) in [4.78, 5) is 28.5. The zero-order valence-electron chi connectivity index (χ0n) is 15.8. The lowest BCUT2D eigenvalue weighted by Gasteiger charge is -2.11. The third-order valence-electron chi connectivity index (χ3n) is 5.48. The molecule has 2 aromatic carbocycles. The van der Waals surface area contributed by atoms with Crippen LogP contribution in [0.25, 0.3) is 22.2 Å². The average Bonchev–Trinajstić information content (AvgIpc) is 3.32. The number of carbonyl (C=O) groups is 2. The maximum atomic E-state index is 12.6. The molecule has 0 radical (unpaired) electrons. The van der Waals surface area contributed by atoms with Crippen molar-refractivity contribution in [3.63, 3.8) is 0 Å². The van der Waals surface area contributed by atoms with Crippen LogP contribution in [-0.2, 0) is 4.79 Å². The van der Waals surface area contributed by atoms with E-state index in [2.05, 4.69) is 26.1 Å². The van der Waals surface area contributed by atoms with Gasteiger partial charge in [0.15, 0.2) is 0 Å². The van der Waals surface area contributed by atoms with Crippen LogP contribution in [0.1, 0.15) is 35.2 Å². The topological polar surface area (TPSA) is 98.4 Å². The summed E-state index contributed by atoms with van der Waals surface area (Å²) in [6.07, 6.45) is 4.20. The van der Waals surface area contributed by atoms with Crippen LogP contribution in [0.15, 0.2) is 47.6 Å². The van der Waals surface area contributed by atoms with Gasteiger partial charge in [0.25, 0.3) is 5.91 Å². The van der Waals surface area contributed by atoms with Crippen LogP contribution in [0.2, 0.25) is 0 Å². The number of carbonyl (C=O) groups excluding carboxylic acids is 2. The molecule has 29 heavy (non-hydrogen) atoms. The molecule has 0 spiro atoms. The lowest BCUT2D eigenvalue weighted by molar-refractivity contribution is -0.116. The Bertz CT molecular complexity index is 1130. The van der Waals surface area contributed by atoms with Gasteiger partial charge in [-0.25, -0.2) is 5.43 Å². The van der Waals surface area contributed by atoms with E-state index in [-0.39, 0.29) is 17.9 Å². The van der Waals surface area contributed by atoms with Gasteiger partial charge in [-0.05, 0) is 37.1 Å². The summed E-state index contributed by atoms with van der Waals surface area (Å²) in [5, 5.41) is 11.2. The van der Waals surface area contributed by atoms with E-state index in [0.29, 0.717) is 17.7 Å². The molecule has 1 saturated heterocycles. The summed E-state index contributed by atoms with van der Waals surface area (Å²) < 4.78 is 0. The highest BCUT2D eigenvalue weighted by atomic mass is 16.2. The van der Waals surface area contributed by atoms with Gasteiger partial charge >= 0.3 is 0 Å². The summed E-state index contributed by atoms with van der Waals surface area (Å²) in [5.74, 6) is -0.353. The summed E-state index contributed by atoms with van der Waals surface area (Å²) in [6, 6.07) is 13.7. The Hall–Kier alpha value is -3.45. The first-order chi connectivity index (χ1) is 14.2. The van der Waals surface area contributed by atoms with E-state index < -0.39 is 0 Å². The molecule has 0 bridgehead atoms. The van der Waals surface area contributed by atoms with E-state index in [1.54, 1.807) is 12.3 Å². The minimum Gasteiger partial charge on any atom is -0.354 e. The van der Waals surface area contributed by atoms with E-state index in [9.17, 15) is 9.59 Å². The second-order valence-electron chi connectivity index (χ2n) is 7.47. The van der Waals surface area contributed by atoms with E-state index in [1.807, 2.05) is 36.4 Å². The molecule has 1 aromatic heterocycles. The highest BCUT2D eigenvalue weighted by molar-refractivity contribution is 6.18. The predicted molar refractivity (Wildman–Crippen MR) is 113 cm³/mol. The quantitative estimate of drug-likeness (QED) is 0.554. The maximum Gasteiger partial charge on any atom is 0.272 e. The molecule has 2 aliphatic rings. The second-order valence-corrected chi connectivity index (χ2v) is 7.47. The van der Waals surface area contributed by atoms with Crippen LogP contribution in [0, 0.1) is 0 Å². The largest absolute Gasteiger partial charge is 0.354 e. The van der Waals surface area contributed by atoms with E-state index >= 15 is 0 Å². The van der Waals surface area contributed by atoms with Crippen LogP contribution in [0.5, 0.6) is 0 Å². The first kappa shape index (κ1) is 17.6. The third kappa shape index (κ3) is 3.30. The van der Waals surface area contributed by atoms with Crippen molar-refractivity contribution < 1.29 is 9.59 Å². The molecule has 2 amide bonds. The molecule has 1 atom stereocenters. The number of aromatic amines is 1. The number of rotatable bonds is 4. The lowest BCUT2D eigenvalue weighted by Crippen LogP contribution is -2.27. The van der Waals surface area contributed by atoms with Crippen LogP contribution in [-0.4, -0.2) is 35.6 Å². The monoisotopic (exact) mass is 387 g/mol. The highest BCUT2D eigenvalue weighted by Gasteiger charge is 2.23. The standard InChI is InChI=1S/C22H21N5O2/c28-19(11-14-7-4-8-23-14)25-15-9-16-20-17(12-24-27-22(16)29)21(26-18(20)10-15)13-5-2-1-3-6-13/h1-3,5-6,9-10,12,14,23,26H,4,7-8,11H2,(H,25,28)(H,27,29)/t14-/m0/s1. The van der Waals surface area contributed by atoms with E-state index in [4.69, 9.17) is 0 Å². The van der Waals surface area contributed by atoms with Gasteiger partial charge in [-0.1, -0.05) is 30.3 Å². The predicted octanol–water partition coefficient (Wildman–Crippen LogP) is 2.99. The van der Waals surface area contributed by atoms with Crippen molar-refractivity contribution in [2.45, 2.75) is 25.3 Å². The molecule has 5 rings (SSSR count). The van der Waals surface area contributed by atoms with E-state index in [1.165, 1.54) is 0 Å². The van der Waals surface area contributed by atoms with Gasteiger partial charge in [0, 0.05) is 34.6 Å². The molecular weight excluding hydrogens is 366 g/mol. The van der Waals surface area contributed by atoms with Crippen LogP contribution >= 0.6 is 0 Å². The summed E-state index contributed by atoms with van der Waals surface area (Å²) in [6.45, 7) is 0.960. The van der Waals surface area contributed by atoms with Gasteiger partial charge < -0.3 is 15.6 Å². The number of aromatic nitrogens is 1. The van der Waals surface area contributed by atoms with Gasteiger partial charge in [-0.2, -0.15) is 5.10 Å². The Morgan fingerprint density at radius 1 is 1.21 bits per heavy atom. The normalized spacial score (nSPS) is 17.9. The molecule has 0 saturated carbocycles. The molecule has 7 heteroatoms. The van der Waals surface area contributed by atoms with Gasteiger partial charge in [0.1, 0.15) is 0 Å². The van der Waals surface area contributed by atoms with Crippen molar-refractivity contribution in [1.29, 1.82) is 0 Å². The number of benzene rings is 2. The van der Waals surface area contributed by atoms with Crippen molar-refractivity contribution in [1.82, 2.24) is 15.7 Å². The summed E-state index contributed by atoms with van der Waals surface area (Å²) in [5.41, 5.74) is 7.17. The smallest absolute Gasteiger partial charge is 0.272 e. The van der Waals surface area contributed by atoms with Crippen molar-refractivity contribution in [2.24, 2.45) is 5.10 Å². The Kier molecular flexibility index (Phi) is 4.37. The first-order valence-corrected chi connectivity index (χ1v) is 9.81. The third-order valence-corrected chi connectivity index (χ3v) is 5.48. The SMILES string of the molecule is O=C(C[C@@H]1CCCN1)Nc1cc2c3c(c(-c4ccccc4)[nH]c3c1)C=NNC2=O. The molecule has 1 fully saturated rings. The van der Waals surface area contributed by atoms with Crippen molar-refractivity contribution >= 4 is 34.6 Å². The Morgan fingerprint density at radius 2 is 2.07 bits per heavy atom. The van der Waals surface area contributed by atoms with Crippen molar-refractivity contribution in [3.05, 3.63) is 53.6 Å². The molecule has 0 unspecified atom stereocenters. The zero-order valence-corrected chi connectivity index (χ0v) is 15.8. The number of nitrogens with zero attached hydrogens (tertiary/aromatic N) is 1. The number of hydrogen-bond acceptors (Lipinski definition) is 4. The molecular formula is C22H21N5O2. The number of amides is 2. The van der Waals surface area contributed by atoms with Crippen LogP contribution in [0.4, 0.5) is 5.69 Å². The number of H-pyrrole nitrogens is 1. The van der Waals surface area contributed by atoms with E-state index in [0.717, 1.165) is 47.1 Å². The average molecular weight is 387 g/mol. The van der Waals surface area contributed by atoms with Gasteiger partial charge in [-0.3, -0.25) is 9.59 Å². The minimum atomic E-state index is -0.294. The minimum absolute atomic E-state index is 0.0590. The fourth-order valence-corrected chi connectivity index (χ4v) is 4.15. The molecule has 4 N–H and O–H groups in total. The number of hydrazone groups is 1. The Morgan fingerprint density at radius 3 is 2.86 bits per heavy atom. The molecule has 0 aliphatic carbocycles. The van der Waals surface area contributed by atoms with Crippen LogP contribution < -0.4 is 16.1 Å². The van der Waals surface area contributed by atoms with Gasteiger partial charge in [-0.15, -0.1) is 0 Å². The number of nitrogens with one attached hydrogen (secondary N) is 4. The summed E-state index contributed by atoms with van der Waals surface area (Å²) >= 11 is 0. The fraction of sp³-hybridized carbons (Fsp3) is 0.227. The van der Waals surface area contributed by atoms with Crippen LogP contribution in [0.3, 0.4) is 0 Å². The molecule has 3 heterocycles. The Balaban J connectivity index is 1.56. The molecule has 7 nitrogen and oxygen atoms in total.